The molecule has 2 atom stereocenters. The lowest BCUT2D eigenvalue weighted by Crippen LogP contribution is -2.45. The van der Waals surface area contributed by atoms with Gasteiger partial charge in [0, 0.05) is 30.4 Å². The largest absolute Gasteiger partial charge is 0.508 e. The zero-order valence-corrected chi connectivity index (χ0v) is 31.0. The summed E-state index contributed by atoms with van der Waals surface area (Å²) in [4.78, 5) is 12.7. The number of halogens is 5. The van der Waals surface area contributed by atoms with E-state index in [-0.39, 0.29) is 22.2 Å². The molecule has 0 radical (unpaired) electrons. The molecule has 0 aliphatic carbocycles. The number of hydrogen-bond acceptors (Lipinski definition) is 9. The van der Waals surface area contributed by atoms with Crippen LogP contribution in [0.4, 0.5) is 16.2 Å². The van der Waals surface area contributed by atoms with E-state index in [1.807, 2.05) is 0 Å². The van der Waals surface area contributed by atoms with Gasteiger partial charge in [-0.15, -0.1) is 12.4 Å². The Hall–Kier alpha value is -2.60. The monoisotopic (exact) mass is 870 g/mol. The minimum absolute atomic E-state index is 0. The van der Waals surface area contributed by atoms with Crippen molar-refractivity contribution in [3.05, 3.63) is 116 Å². The van der Waals surface area contributed by atoms with Crippen molar-refractivity contribution in [1.29, 1.82) is 0 Å². The van der Waals surface area contributed by atoms with Gasteiger partial charge >= 0.3 is 6.16 Å². The second-order valence-electron chi connectivity index (χ2n) is 9.38. The molecule has 4 aromatic rings. The summed E-state index contributed by atoms with van der Waals surface area (Å²) in [6, 6.07) is 25.3. The summed E-state index contributed by atoms with van der Waals surface area (Å²) in [6.07, 6.45) is -3.49. The zero-order valence-electron chi connectivity index (χ0n) is 23.9. The van der Waals surface area contributed by atoms with Gasteiger partial charge in [0.1, 0.15) is 25.5 Å². The number of benzene rings is 4. The third-order valence-electron chi connectivity index (χ3n) is 5.95. The predicted octanol–water partition coefficient (Wildman–Crippen LogP) is 7.23. The van der Waals surface area contributed by atoms with Crippen molar-refractivity contribution in [1.82, 2.24) is 9.44 Å². The van der Waals surface area contributed by atoms with Gasteiger partial charge in [-0.3, -0.25) is 0 Å². The normalized spacial score (nSPS) is 12.7. The Morgan fingerprint density at radius 2 is 0.957 bits per heavy atom. The number of ether oxygens (including phenoxy) is 2. The molecule has 0 fully saturated rings. The van der Waals surface area contributed by atoms with E-state index in [0.29, 0.717) is 30.4 Å². The maximum absolute atomic E-state index is 13.2. The summed E-state index contributed by atoms with van der Waals surface area (Å²) in [7, 11) is -8.19. The van der Waals surface area contributed by atoms with Crippen LogP contribution in [0.3, 0.4) is 0 Å². The standard InChI is InChI=1S/C29H26Br2Cl2N4O7S2.ClH/c30-23-5-1-3-7-25(23)45(39,40)36-27(34-21-13-9-19(32)10-14-21)17-43-29(38)44-18-28(35-22-15-11-20(33)12-16-22)37-46(41,42)26-8-4-2-6-24(26)31;/h1-16,27-28,34-37H,17-18H2;1H. The van der Waals surface area contributed by atoms with Gasteiger partial charge in [-0.1, -0.05) is 47.5 Å². The highest BCUT2D eigenvalue weighted by molar-refractivity contribution is 9.10. The van der Waals surface area contributed by atoms with Crippen molar-refractivity contribution in [2.24, 2.45) is 0 Å². The quantitative estimate of drug-likeness (QED) is 0.0761. The Morgan fingerprint density at radius 3 is 1.30 bits per heavy atom. The van der Waals surface area contributed by atoms with Crippen LogP contribution in [-0.2, 0) is 29.5 Å². The van der Waals surface area contributed by atoms with Gasteiger partial charge in [0.05, 0.1) is 9.79 Å². The second-order valence-corrected chi connectivity index (χ2v) is 15.3. The van der Waals surface area contributed by atoms with Gasteiger partial charge < -0.3 is 20.1 Å². The van der Waals surface area contributed by atoms with Gasteiger partial charge in [-0.2, -0.15) is 9.44 Å². The molecule has 0 aliphatic heterocycles. The Bertz CT molecular complexity index is 1740. The van der Waals surface area contributed by atoms with E-state index >= 15 is 0 Å². The van der Waals surface area contributed by atoms with Gasteiger partial charge in [0.25, 0.3) is 0 Å². The number of nitrogens with one attached hydrogen (secondary N) is 4. The van der Waals surface area contributed by atoms with Crippen LogP contribution in [0.2, 0.25) is 10.0 Å². The average Bonchev–Trinajstić information content (AvgIpc) is 3.01. The highest BCUT2D eigenvalue weighted by atomic mass is 79.9. The first-order chi connectivity index (χ1) is 21.8. The number of sulfonamides is 2. The van der Waals surface area contributed by atoms with Crippen LogP contribution in [0, 0.1) is 0 Å². The van der Waals surface area contributed by atoms with Crippen molar-refractivity contribution in [2.75, 3.05) is 23.8 Å². The third-order valence-corrected chi connectivity index (χ3v) is 11.4. The first-order valence-corrected chi connectivity index (χ1v) is 18.5. The molecule has 4 aromatic carbocycles. The molecule has 0 heterocycles. The van der Waals surface area contributed by atoms with Gasteiger partial charge in [0.15, 0.2) is 0 Å². The number of anilines is 2. The highest BCUT2D eigenvalue weighted by Crippen LogP contribution is 2.23. The van der Waals surface area contributed by atoms with E-state index in [0.717, 1.165) is 0 Å². The van der Waals surface area contributed by atoms with Gasteiger partial charge in [-0.05, 0) is 105 Å². The van der Waals surface area contributed by atoms with E-state index in [9.17, 15) is 21.6 Å². The molecule has 0 saturated carbocycles. The molecule has 0 bridgehead atoms. The molecule has 0 amide bonds. The lowest BCUT2D eigenvalue weighted by atomic mass is 10.3. The van der Waals surface area contributed by atoms with E-state index in [4.69, 9.17) is 32.7 Å². The van der Waals surface area contributed by atoms with Crippen LogP contribution in [0.5, 0.6) is 0 Å². The van der Waals surface area contributed by atoms with Crippen LogP contribution in [-0.4, -0.2) is 48.5 Å². The molecule has 47 heavy (non-hydrogen) atoms. The van der Waals surface area contributed by atoms with Crippen LogP contribution in [0.25, 0.3) is 0 Å². The summed E-state index contributed by atoms with van der Waals surface area (Å²) in [5, 5.41) is 6.83. The summed E-state index contributed by atoms with van der Waals surface area (Å²) in [6.45, 7) is -1.02. The topological polar surface area (TPSA) is 152 Å². The van der Waals surface area contributed by atoms with E-state index in [1.54, 1.807) is 84.9 Å². The molecule has 0 aliphatic rings. The van der Waals surface area contributed by atoms with Crippen LogP contribution in [0.15, 0.2) is 116 Å². The fourth-order valence-corrected chi connectivity index (χ4v) is 8.40. The molecular weight excluding hydrogens is 847 g/mol. The average molecular weight is 874 g/mol. The summed E-state index contributed by atoms with van der Waals surface area (Å²) in [5.41, 5.74) is 0.963. The minimum atomic E-state index is -4.10. The third kappa shape index (κ3) is 11.8. The molecule has 0 saturated heterocycles. The lowest BCUT2D eigenvalue weighted by Gasteiger charge is -2.23. The molecule has 0 spiro atoms. The Balaban J connectivity index is 0.00000600. The fourth-order valence-electron chi connectivity index (χ4n) is 3.88. The smallest absolute Gasteiger partial charge is 0.431 e. The van der Waals surface area contributed by atoms with Crippen molar-refractivity contribution >= 4 is 105 Å². The van der Waals surface area contributed by atoms with Crippen LogP contribution < -0.4 is 20.1 Å². The number of carbonyl (C=O) groups is 1. The number of carbonyl (C=O) groups excluding carboxylic acids is 1. The maximum atomic E-state index is 13.2. The van der Waals surface area contributed by atoms with Crippen molar-refractivity contribution in [3.63, 3.8) is 0 Å². The van der Waals surface area contributed by atoms with Crippen molar-refractivity contribution < 1.29 is 31.1 Å². The minimum Gasteiger partial charge on any atom is -0.431 e. The highest BCUT2D eigenvalue weighted by Gasteiger charge is 2.26. The van der Waals surface area contributed by atoms with Crippen LogP contribution >= 0.6 is 67.5 Å². The first-order valence-electron chi connectivity index (χ1n) is 13.2. The molecule has 0 aromatic heterocycles. The Kier molecular flexibility index (Phi) is 14.6. The molecule has 4 N–H and O–H groups in total. The van der Waals surface area contributed by atoms with Crippen molar-refractivity contribution in [2.45, 2.75) is 22.1 Å². The molecular formula is C29H27Br2Cl3N4O7S2. The lowest BCUT2D eigenvalue weighted by molar-refractivity contribution is 0.0485. The molecule has 4 rings (SSSR count). The SMILES string of the molecule is Cl.O=C(OCC(Nc1ccc(Cl)cc1)NS(=O)(=O)c1ccccc1Br)OCC(Nc1ccc(Cl)cc1)NS(=O)(=O)c1ccccc1Br. The van der Waals surface area contributed by atoms with Gasteiger partial charge in [-0.25, -0.2) is 21.6 Å². The Morgan fingerprint density at radius 1 is 0.617 bits per heavy atom. The van der Waals surface area contributed by atoms with E-state index < -0.39 is 51.7 Å². The zero-order chi connectivity index (χ0) is 33.3. The van der Waals surface area contributed by atoms with Gasteiger partial charge in [0.2, 0.25) is 20.0 Å². The second kappa shape index (κ2) is 17.7. The Labute approximate surface area is 305 Å². The predicted molar refractivity (Wildman–Crippen MR) is 191 cm³/mol. The summed E-state index contributed by atoms with van der Waals surface area (Å²) < 4.78 is 68.8. The molecule has 252 valence electrons. The fraction of sp³-hybridized carbons (Fsp3) is 0.138. The molecule has 2 unspecified atom stereocenters. The first kappa shape index (κ1) is 38.8. The van der Waals surface area contributed by atoms with E-state index in [2.05, 4.69) is 51.9 Å². The summed E-state index contributed by atoms with van der Waals surface area (Å²) >= 11 is 18.4. The van der Waals surface area contributed by atoms with Crippen molar-refractivity contribution in [3.8, 4) is 0 Å². The number of rotatable bonds is 14. The number of hydrogen-bond donors (Lipinski definition) is 4. The van der Waals surface area contributed by atoms with Crippen LogP contribution in [0.1, 0.15) is 0 Å². The van der Waals surface area contributed by atoms with E-state index in [1.165, 1.54) is 12.1 Å². The summed E-state index contributed by atoms with van der Waals surface area (Å²) in [5.74, 6) is 0. The maximum Gasteiger partial charge on any atom is 0.508 e. The molecule has 18 heteroatoms. The molecule has 11 nitrogen and oxygen atoms in total.